The van der Waals surface area contributed by atoms with Gasteiger partial charge in [-0.2, -0.15) is 10.2 Å². The van der Waals surface area contributed by atoms with E-state index in [1.807, 2.05) is 29.6 Å². The van der Waals surface area contributed by atoms with E-state index in [1.54, 1.807) is 6.20 Å². The highest BCUT2D eigenvalue weighted by molar-refractivity contribution is 5.74. The molecule has 0 bridgehead atoms. The summed E-state index contributed by atoms with van der Waals surface area (Å²) in [6.07, 6.45) is 4.57. The van der Waals surface area contributed by atoms with Gasteiger partial charge >= 0.3 is 6.03 Å². The highest BCUT2D eigenvalue weighted by Gasteiger charge is 2.24. The lowest BCUT2D eigenvalue weighted by molar-refractivity contribution is 0.181. The van der Waals surface area contributed by atoms with E-state index in [1.165, 1.54) is 17.0 Å². The molecular formula is C17H26N6O. The van der Waals surface area contributed by atoms with Crippen molar-refractivity contribution in [1.82, 2.24) is 30.2 Å². The number of nitrogens with one attached hydrogen (secondary N) is 2. The Bertz CT molecular complexity index is 682. The summed E-state index contributed by atoms with van der Waals surface area (Å²) in [7, 11) is 1.95. The van der Waals surface area contributed by atoms with E-state index in [0.29, 0.717) is 12.5 Å². The third kappa shape index (κ3) is 3.44. The van der Waals surface area contributed by atoms with Crippen LogP contribution in [0.25, 0.3) is 0 Å². The number of carbonyl (C=O) groups excluding carboxylic acids is 1. The van der Waals surface area contributed by atoms with E-state index >= 15 is 0 Å². The fraction of sp³-hybridized carbons (Fsp3) is 0.588. The molecule has 3 heterocycles. The number of H-pyrrole nitrogens is 1. The van der Waals surface area contributed by atoms with E-state index < -0.39 is 0 Å². The summed E-state index contributed by atoms with van der Waals surface area (Å²) in [5, 5.41) is 14.5. The Hall–Kier alpha value is -2.31. The number of hydrogen-bond acceptors (Lipinski definition) is 3. The lowest BCUT2D eigenvalue weighted by Crippen LogP contribution is -2.44. The molecule has 2 N–H and O–H groups in total. The zero-order valence-corrected chi connectivity index (χ0v) is 14.7. The number of aromatic amines is 1. The monoisotopic (exact) mass is 330 g/mol. The molecule has 130 valence electrons. The molecule has 2 amide bonds. The lowest BCUT2D eigenvalue weighted by Gasteiger charge is -2.31. The molecule has 7 nitrogen and oxygen atoms in total. The van der Waals surface area contributed by atoms with Gasteiger partial charge in [0.2, 0.25) is 0 Å². The Morgan fingerprint density at radius 2 is 2.12 bits per heavy atom. The van der Waals surface area contributed by atoms with Crippen LogP contribution < -0.4 is 5.32 Å². The predicted octanol–water partition coefficient (Wildman–Crippen LogP) is 1.89. The van der Waals surface area contributed by atoms with Crippen LogP contribution in [0.2, 0.25) is 0 Å². The fourth-order valence-electron chi connectivity index (χ4n) is 3.47. The number of urea groups is 1. The van der Waals surface area contributed by atoms with E-state index in [-0.39, 0.29) is 6.03 Å². The Balaban J connectivity index is 1.45. The minimum absolute atomic E-state index is 0.0391. The van der Waals surface area contributed by atoms with Crippen molar-refractivity contribution in [2.24, 2.45) is 7.05 Å². The Morgan fingerprint density at radius 1 is 1.38 bits per heavy atom. The number of nitrogens with zero attached hydrogens (tertiary/aromatic N) is 4. The first-order valence-corrected chi connectivity index (χ1v) is 8.57. The van der Waals surface area contributed by atoms with E-state index in [4.69, 9.17) is 0 Å². The summed E-state index contributed by atoms with van der Waals surface area (Å²) in [6.45, 7) is 6.31. The second kappa shape index (κ2) is 7.07. The van der Waals surface area contributed by atoms with E-state index in [2.05, 4.69) is 27.5 Å². The van der Waals surface area contributed by atoms with Crippen LogP contribution in [0.4, 0.5) is 4.79 Å². The zero-order valence-electron chi connectivity index (χ0n) is 14.7. The van der Waals surface area contributed by atoms with Gasteiger partial charge in [0.1, 0.15) is 0 Å². The number of rotatable bonds is 4. The predicted molar refractivity (Wildman–Crippen MR) is 91.9 cm³/mol. The summed E-state index contributed by atoms with van der Waals surface area (Å²) in [5.41, 5.74) is 4.63. The molecule has 0 unspecified atom stereocenters. The van der Waals surface area contributed by atoms with E-state index in [0.717, 1.165) is 38.0 Å². The lowest BCUT2D eigenvalue weighted by atomic mass is 9.94. The summed E-state index contributed by atoms with van der Waals surface area (Å²) in [4.78, 5) is 14.2. The van der Waals surface area contributed by atoms with Crippen LogP contribution in [0.1, 0.15) is 41.4 Å². The first kappa shape index (κ1) is 16.5. The quantitative estimate of drug-likeness (QED) is 0.898. The van der Waals surface area contributed by atoms with Crippen LogP contribution in [-0.4, -0.2) is 50.5 Å². The minimum Gasteiger partial charge on any atom is -0.338 e. The highest BCUT2D eigenvalue weighted by atomic mass is 16.2. The van der Waals surface area contributed by atoms with Gasteiger partial charge in [-0.3, -0.25) is 9.78 Å². The molecule has 3 rings (SSSR count). The van der Waals surface area contributed by atoms with Crippen molar-refractivity contribution >= 4 is 6.03 Å². The van der Waals surface area contributed by atoms with Crippen molar-refractivity contribution in [3.05, 3.63) is 34.9 Å². The van der Waals surface area contributed by atoms with Crippen molar-refractivity contribution in [2.45, 2.75) is 39.0 Å². The number of piperidine rings is 1. The Kier molecular flexibility index (Phi) is 4.87. The molecule has 0 spiro atoms. The van der Waals surface area contributed by atoms with Crippen LogP contribution in [0.15, 0.2) is 12.3 Å². The van der Waals surface area contributed by atoms with Gasteiger partial charge in [0.05, 0.1) is 5.69 Å². The molecule has 2 aromatic rings. The molecular weight excluding hydrogens is 304 g/mol. The van der Waals surface area contributed by atoms with Crippen molar-refractivity contribution in [3.63, 3.8) is 0 Å². The number of aromatic nitrogens is 4. The van der Waals surface area contributed by atoms with Crippen LogP contribution >= 0.6 is 0 Å². The SMILES string of the molecule is Cc1nn(C)c(C)c1CCNC(=O)N1CCC(c2ccn[nH]2)CC1. The molecule has 0 radical (unpaired) electrons. The maximum Gasteiger partial charge on any atom is 0.317 e. The number of hydrogen-bond donors (Lipinski definition) is 2. The number of amides is 2. The van der Waals surface area contributed by atoms with Crippen LogP contribution in [0.5, 0.6) is 0 Å². The largest absolute Gasteiger partial charge is 0.338 e. The van der Waals surface area contributed by atoms with Gasteiger partial charge in [-0.15, -0.1) is 0 Å². The second-order valence-corrected chi connectivity index (χ2v) is 6.53. The van der Waals surface area contributed by atoms with Crippen molar-refractivity contribution in [2.75, 3.05) is 19.6 Å². The summed E-state index contributed by atoms with van der Waals surface area (Å²) < 4.78 is 1.90. The van der Waals surface area contributed by atoms with Gasteiger partial charge in [-0.1, -0.05) is 0 Å². The second-order valence-electron chi connectivity index (χ2n) is 6.53. The van der Waals surface area contributed by atoms with Crippen LogP contribution in [0, 0.1) is 13.8 Å². The molecule has 1 saturated heterocycles. The zero-order chi connectivity index (χ0) is 17.1. The van der Waals surface area contributed by atoms with Crippen LogP contribution in [0.3, 0.4) is 0 Å². The summed E-state index contributed by atoms with van der Waals surface area (Å²) >= 11 is 0. The summed E-state index contributed by atoms with van der Waals surface area (Å²) in [5.74, 6) is 0.484. The number of carbonyl (C=O) groups is 1. The molecule has 0 aliphatic carbocycles. The highest BCUT2D eigenvalue weighted by Crippen LogP contribution is 2.26. The topological polar surface area (TPSA) is 78.8 Å². The maximum atomic E-state index is 12.3. The fourth-order valence-corrected chi connectivity index (χ4v) is 3.47. The van der Waals surface area contributed by atoms with Gasteiger partial charge in [0.25, 0.3) is 0 Å². The van der Waals surface area contributed by atoms with Crippen LogP contribution in [-0.2, 0) is 13.5 Å². The van der Waals surface area contributed by atoms with Gasteiger partial charge in [0, 0.05) is 50.2 Å². The van der Waals surface area contributed by atoms with Crippen molar-refractivity contribution in [3.8, 4) is 0 Å². The van der Waals surface area contributed by atoms with Crippen molar-refractivity contribution < 1.29 is 4.79 Å². The Labute approximate surface area is 142 Å². The average molecular weight is 330 g/mol. The number of aryl methyl sites for hydroxylation is 2. The van der Waals surface area contributed by atoms with Gasteiger partial charge in [0.15, 0.2) is 0 Å². The molecule has 24 heavy (non-hydrogen) atoms. The van der Waals surface area contributed by atoms with Gasteiger partial charge in [-0.25, -0.2) is 4.79 Å². The molecule has 1 fully saturated rings. The van der Waals surface area contributed by atoms with Gasteiger partial charge < -0.3 is 10.2 Å². The normalized spacial score (nSPS) is 15.7. The molecule has 0 aromatic carbocycles. The number of likely N-dealkylation sites (tertiary alicyclic amines) is 1. The minimum atomic E-state index is 0.0391. The Morgan fingerprint density at radius 3 is 2.71 bits per heavy atom. The maximum absolute atomic E-state index is 12.3. The third-order valence-electron chi connectivity index (χ3n) is 5.05. The third-order valence-corrected chi connectivity index (χ3v) is 5.05. The molecule has 2 aromatic heterocycles. The standard InChI is InChI=1S/C17H26N6O/c1-12-15(13(2)22(3)21-12)4-8-18-17(24)23-10-6-14(7-11-23)16-5-9-19-20-16/h5,9,14H,4,6-8,10-11H2,1-3H3,(H,18,24)(H,19,20). The van der Waals surface area contributed by atoms with Gasteiger partial charge in [-0.05, 0) is 44.7 Å². The smallest absolute Gasteiger partial charge is 0.317 e. The molecule has 0 saturated carbocycles. The average Bonchev–Trinajstić information content (AvgIpc) is 3.19. The molecule has 1 aliphatic heterocycles. The van der Waals surface area contributed by atoms with E-state index in [9.17, 15) is 4.79 Å². The molecule has 1 aliphatic rings. The van der Waals surface area contributed by atoms with Crippen molar-refractivity contribution in [1.29, 1.82) is 0 Å². The first-order chi connectivity index (χ1) is 11.6. The summed E-state index contributed by atoms with van der Waals surface area (Å²) in [6, 6.07) is 2.07. The molecule has 0 atom stereocenters. The first-order valence-electron chi connectivity index (χ1n) is 8.57. The molecule has 7 heteroatoms.